The van der Waals surface area contributed by atoms with Crippen LogP contribution in [-0.4, -0.2) is 68.3 Å². The van der Waals surface area contributed by atoms with Crippen LogP contribution in [0, 0.1) is 5.82 Å². The molecule has 0 atom stereocenters. The number of piperazine rings is 1. The molecule has 10 heteroatoms. The van der Waals surface area contributed by atoms with E-state index in [0.717, 1.165) is 37.4 Å². The molecule has 4 rings (SSSR count). The zero-order valence-electron chi connectivity index (χ0n) is 21.6. The van der Waals surface area contributed by atoms with Crippen LogP contribution in [-0.2, 0) is 11.3 Å². The summed E-state index contributed by atoms with van der Waals surface area (Å²) in [6.07, 6.45) is 1.40. The molecule has 1 amide bonds. The Bertz CT molecular complexity index is 1260. The summed E-state index contributed by atoms with van der Waals surface area (Å²) in [5.41, 5.74) is 14.4. The molecule has 1 fully saturated rings. The Morgan fingerprint density at radius 3 is 2.57 bits per heavy atom. The molecular formula is C27H35FN6O3. The van der Waals surface area contributed by atoms with Gasteiger partial charge in [-0.25, -0.2) is 4.39 Å². The van der Waals surface area contributed by atoms with E-state index >= 15 is 0 Å². The van der Waals surface area contributed by atoms with Gasteiger partial charge in [0.25, 0.3) is 5.91 Å². The number of ether oxygens (including phenoxy) is 2. The van der Waals surface area contributed by atoms with Gasteiger partial charge >= 0.3 is 0 Å². The number of carbonyl (C=O) groups excluding carboxylic acids is 1. The van der Waals surface area contributed by atoms with Gasteiger partial charge in [-0.3, -0.25) is 14.7 Å². The molecule has 1 aromatic heterocycles. The van der Waals surface area contributed by atoms with E-state index in [0.29, 0.717) is 41.6 Å². The van der Waals surface area contributed by atoms with E-state index in [9.17, 15) is 9.18 Å². The van der Waals surface area contributed by atoms with E-state index in [4.69, 9.17) is 20.9 Å². The lowest BCUT2D eigenvalue weighted by Gasteiger charge is -2.38. The number of nitrogens with zero attached hydrogens (tertiary/aromatic N) is 3. The van der Waals surface area contributed by atoms with Crippen molar-refractivity contribution in [3.8, 4) is 5.75 Å². The normalized spacial score (nSPS) is 14.4. The first kappa shape index (κ1) is 26.6. The van der Waals surface area contributed by atoms with Crippen LogP contribution < -0.4 is 26.4 Å². The monoisotopic (exact) mass is 510 g/mol. The maximum atomic E-state index is 14.8. The predicted octanol–water partition coefficient (Wildman–Crippen LogP) is 3.23. The molecule has 0 radical (unpaired) electrons. The Labute approximate surface area is 216 Å². The smallest absolute Gasteiger partial charge is 0.252 e. The van der Waals surface area contributed by atoms with Crippen molar-refractivity contribution in [3.63, 3.8) is 0 Å². The molecule has 3 aromatic rings. The molecular weight excluding hydrogens is 475 g/mol. The largest absolute Gasteiger partial charge is 0.489 e. The molecule has 0 saturated carbocycles. The van der Waals surface area contributed by atoms with Crippen LogP contribution in [0.2, 0.25) is 0 Å². The van der Waals surface area contributed by atoms with Gasteiger partial charge in [0.2, 0.25) is 0 Å². The van der Waals surface area contributed by atoms with Crippen molar-refractivity contribution in [2.75, 3.05) is 56.7 Å². The van der Waals surface area contributed by atoms with Crippen LogP contribution in [0.1, 0.15) is 29.8 Å². The second kappa shape index (κ2) is 11.7. The zero-order valence-corrected chi connectivity index (χ0v) is 21.6. The van der Waals surface area contributed by atoms with Crippen molar-refractivity contribution in [1.82, 2.24) is 9.88 Å². The molecule has 1 aliphatic rings. The number of benzene rings is 2. The number of primary amides is 1. The quantitative estimate of drug-likeness (QED) is 0.356. The van der Waals surface area contributed by atoms with E-state index in [1.165, 1.54) is 12.3 Å². The number of nitrogens with one attached hydrogen (secondary N) is 1. The van der Waals surface area contributed by atoms with Gasteiger partial charge in [0, 0.05) is 63.5 Å². The number of methoxy groups -OCH3 is 1. The van der Waals surface area contributed by atoms with E-state index in [1.807, 2.05) is 12.1 Å². The lowest BCUT2D eigenvalue weighted by molar-refractivity contribution is 0.100. The molecule has 9 nitrogen and oxygen atoms in total. The number of carbonyl (C=O) groups is 1. The molecule has 0 spiro atoms. The van der Waals surface area contributed by atoms with Crippen molar-refractivity contribution in [2.45, 2.75) is 26.4 Å². The number of rotatable bonds is 10. The number of hydrogen-bond donors (Lipinski definition) is 3. The Balaban J connectivity index is 1.83. The highest BCUT2D eigenvalue weighted by Gasteiger charge is 2.24. The summed E-state index contributed by atoms with van der Waals surface area (Å²) in [6, 6.07) is 8.85. The van der Waals surface area contributed by atoms with Gasteiger partial charge in [-0.15, -0.1) is 0 Å². The van der Waals surface area contributed by atoms with Crippen molar-refractivity contribution in [1.29, 1.82) is 0 Å². The summed E-state index contributed by atoms with van der Waals surface area (Å²) in [5.74, 6) is -0.467. The molecule has 0 unspecified atom stereocenters. The van der Waals surface area contributed by atoms with Crippen LogP contribution in [0.15, 0.2) is 36.5 Å². The maximum Gasteiger partial charge on any atom is 0.252 e. The lowest BCUT2D eigenvalue weighted by Crippen LogP contribution is -2.49. The van der Waals surface area contributed by atoms with Gasteiger partial charge in [-0.05, 0) is 37.6 Å². The number of aromatic nitrogens is 1. The molecule has 0 aliphatic carbocycles. The average Bonchev–Trinajstić information content (AvgIpc) is 2.89. The van der Waals surface area contributed by atoms with Gasteiger partial charge in [0.1, 0.15) is 18.2 Å². The SMILES string of the molecule is COCCOc1cc2ncc(C(N)=O)c(Nc3cc(CN)ccc3F)c2cc1N1CCN(C(C)C)CC1. The number of anilines is 3. The van der Waals surface area contributed by atoms with Crippen LogP contribution in [0.3, 0.4) is 0 Å². The van der Waals surface area contributed by atoms with E-state index in [-0.39, 0.29) is 17.8 Å². The Morgan fingerprint density at radius 2 is 1.92 bits per heavy atom. The minimum atomic E-state index is -0.667. The first-order valence-corrected chi connectivity index (χ1v) is 12.4. The Kier molecular flexibility index (Phi) is 8.42. The predicted molar refractivity (Wildman–Crippen MR) is 144 cm³/mol. The number of pyridine rings is 1. The molecule has 37 heavy (non-hydrogen) atoms. The Hall–Kier alpha value is -3.47. The summed E-state index contributed by atoms with van der Waals surface area (Å²) in [4.78, 5) is 21.5. The van der Waals surface area contributed by atoms with Gasteiger partial charge in [0.15, 0.2) is 0 Å². The molecule has 2 heterocycles. The Morgan fingerprint density at radius 1 is 1.16 bits per heavy atom. The van der Waals surface area contributed by atoms with E-state index in [2.05, 4.69) is 33.9 Å². The summed E-state index contributed by atoms with van der Waals surface area (Å²) >= 11 is 0. The fraction of sp³-hybridized carbons (Fsp3) is 0.407. The van der Waals surface area contributed by atoms with Gasteiger partial charge in [-0.1, -0.05) is 6.07 Å². The van der Waals surface area contributed by atoms with Crippen LogP contribution in [0.25, 0.3) is 10.9 Å². The molecule has 198 valence electrons. The first-order valence-electron chi connectivity index (χ1n) is 12.4. The van der Waals surface area contributed by atoms with Crippen LogP contribution in [0.5, 0.6) is 5.75 Å². The molecule has 0 bridgehead atoms. The fourth-order valence-corrected chi connectivity index (χ4v) is 4.54. The number of halogens is 1. The minimum absolute atomic E-state index is 0.161. The van der Waals surface area contributed by atoms with E-state index in [1.54, 1.807) is 19.2 Å². The highest BCUT2D eigenvalue weighted by molar-refractivity contribution is 6.08. The highest BCUT2D eigenvalue weighted by Crippen LogP contribution is 2.38. The summed E-state index contributed by atoms with van der Waals surface area (Å²) in [7, 11) is 1.62. The van der Waals surface area contributed by atoms with Crippen molar-refractivity contribution in [3.05, 3.63) is 53.5 Å². The second-order valence-corrected chi connectivity index (χ2v) is 9.35. The topological polar surface area (TPSA) is 119 Å². The number of hydrogen-bond acceptors (Lipinski definition) is 8. The standard InChI is InChI=1S/C27H35FN6O3/c1-17(2)33-6-8-34(9-7-33)24-13-19-22(14-25(24)37-11-10-36-3)31-16-20(27(30)35)26(19)32-23-12-18(15-29)4-5-21(23)28/h4-5,12-14,16-17H,6-11,15,29H2,1-3H3,(H2,30,35)(H,31,32). The molecule has 1 saturated heterocycles. The van der Waals surface area contributed by atoms with Crippen molar-refractivity contribution < 1.29 is 18.7 Å². The molecule has 2 aromatic carbocycles. The second-order valence-electron chi connectivity index (χ2n) is 9.35. The minimum Gasteiger partial charge on any atom is -0.489 e. The third kappa shape index (κ3) is 5.93. The van der Waals surface area contributed by atoms with Gasteiger partial charge in [-0.2, -0.15) is 0 Å². The van der Waals surface area contributed by atoms with Crippen LogP contribution in [0.4, 0.5) is 21.5 Å². The van der Waals surface area contributed by atoms with E-state index < -0.39 is 11.7 Å². The van der Waals surface area contributed by atoms with Gasteiger partial charge in [0.05, 0.1) is 34.7 Å². The third-order valence-corrected chi connectivity index (χ3v) is 6.67. The number of nitrogens with two attached hydrogens (primary N) is 2. The number of amides is 1. The van der Waals surface area contributed by atoms with Crippen LogP contribution >= 0.6 is 0 Å². The first-order chi connectivity index (χ1) is 17.8. The summed E-state index contributed by atoms with van der Waals surface area (Å²) in [5, 5.41) is 3.74. The average molecular weight is 511 g/mol. The lowest BCUT2D eigenvalue weighted by atomic mass is 10.1. The van der Waals surface area contributed by atoms with Gasteiger partial charge < -0.3 is 31.2 Å². The van der Waals surface area contributed by atoms with Crippen molar-refractivity contribution >= 4 is 33.9 Å². The summed E-state index contributed by atoms with van der Waals surface area (Å²) < 4.78 is 26.0. The molecule has 5 N–H and O–H groups in total. The zero-order chi connectivity index (χ0) is 26.5. The summed E-state index contributed by atoms with van der Waals surface area (Å²) in [6.45, 7) is 8.90. The van der Waals surface area contributed by atoms with Crippen molar-refractivity contribution in [2.24, 2.45) is 11.5 Å². The third-order valence-electron chi connectivity index (χ3n) is 6.67. The fourth-order valence-electron chi connectivity index (χ4n) is 4.54. The maximum absolute atomic E-state index is 14.8. The highest BCUT2D eigenvalue weighted by atomic mass is 19.1. The molecule has 1 aliphatic heterocycles. The number of fused-ring (bicyclic) bond motifs is 1.